The van der Waals surface area contributed by atoms with Gasteiger partial charge in [-0.3, -0.25) is 0 Å². The number of rotatable bonds is 3. The van der Waals surface area contributed by atoms with E-state index in [1.54, 1.807) is 0 Å². The molecule has 2 unspecified atom stereocenters. The van der Waals surface area contributed by atoms with E-state index < -0.39 is 0 Å². The van der Waals surface area contributed by atoms with Gasteiger partial charge in [-0.2, -0.15) is 0 Å². The van der Waals surface area contributed by atoms with Crippen LogP contribution in [0, 0.1) is 0 Å². The maximum absolute atomic E-state index is 5.87. The molecule has 19 heavy (non-hydrogen) atoms. The van der Waals surface area contributed by atoms with Crippen LogP contribution in [0.1, 0.15) is 19.0 Å². The molecule has 0 bridgehead atoms. The van der Waals surface area contributed by atoms with Crippen molar-refractivity contribution in [3.8, 4) is 0 Å². The summed E-state index contributed by atoms with van der Waals surface area (Å²) in [4.78, 5) is 6.70. The molecule has 2 aliphatic rings. The number of morpholine rings is 1. The van der Waals surface area contributed by atoms with Gasteiger partial charge in [0.1, 0.15) is 0 Å². The normalized spacial score (nSPS) is 32.8. The van der Waals surface area contributed by atoms with Crippen LogP contribution in [0.25, 0.3) is 0 Å². The van der Waals surface area contributed by atoms with Crippen LogP contribution in [0.2, 0.25) is 0 Å². The van der Waals surface area contributed by atoms with E-state index in [1.165, 1.54) is 12.1 Å². The topological polar surface area (TPSA) is 42.3 Å². The largest absolute Gasteiger partial charge is 0.374 e. The molecule has 5 heteroatoms. The smallest absolute Gasteiger partial charge is 0.0949 e. The van der Waals surface area contributed by atoms with E-state index in [9.17, 15) is 0 Å². The Morgan fingerprint density at radius 2 is 2.47 bits per heavy atom. The number of imidazole rings is 1. The van der Waals surface area contributed by atoms with Crippen molar-refractivity contribution in [3.05, 3.63) is 18.2 Å². The first-order valence-corrected chi connectivity index (χ1v) is 7.19. The minimum absolute atomic E-state index is 0.219. The molecule has 0 spiro atoms. The van der Waals surface area contributed by atoms with Crippen LogP contribution in [0.5, 0.6) is 0 Å². The lowest BCUT2D eigenvalue weighted by atomic mass is 9.86. The van der Waals surface area contributed by atoms with Crippen LogP contribution < -0.4 is 5.32 Å². The Labute approximate surface area is 114 Å². The summed E-state index contributed by atoms with van der Waals surface area (Å²) in [6.07, 6.45) is 5.45. The van der Waals surface area contributed by atoms with Gasteiger partial charge >= 0.3 is 0 Å². The Bertz CT molecular complexity index is 425. The lowest BCUT2D eigenvalue weighted by Crippen LogP contribution is -2.42. The number of hydrogen-bond acceptors (Lipinski definition) is 4. The van der Waals surface area contributed by atoms with Crippen molar-refractivity contribution in [2.24, 2.45) is 0 Å². The summed E-state index contributed by atoms with van der Waals surface area (Å²) < 4.78 is 8.15. The minimum atomic E-state index is 0.219. The Kier molecular flexibility index (Phi) is 3.60. The predicted octanol–water partition coefficient (Wildman–Crippen LogP) is 0.465. The first-order chi connectivity index (χ1) is 9.17. The lowest BCUT2D eigenvalue weighted by Gasteiger charge is -2.32. The molecule has 0 aliphatic carbocycles. The average Bonchev–Trinajstić information content (AvgIpc) is 2.99. The molecule has 0 saturated carbocycles. The summed E-state index contributed by atoms with van der Waals surface area (Å²) in [7, 11) is 2.16. The van der Waals surface area contributed by atoms with Crippen LogP contribution >= 0.6 is 0 Å². The Balaban J connectivity index is 1.73. The van der Waals surface area contributed by atoms with Gasteiger partial charge in [-0.05, 0) is 20.0 Å². The molecule has 2 saturated heterocycles. The number of nitrogens with one attached hydrogen (secondary N) is 1. The molecular formula is C14H24N4O. The zero-order valence-electron chi connectivity index (χ0n) is 11.9. The van der Waals surface area contributed by atoms with E-state index in [-0.39, 0.29) is 11.5 Å². The third kappa shape index (κ3) is 2.68. The highest BCUT2D eigenvalue weighted by atomic mass is 16.5. The summed E-state index contributed by atoms with van der Waals surface area (Å²) in [6.45, 7) is 8.27. The summed E-state index contributed by atoms with van der Waals surface area (Å²) in [5.41, 5.74) is 1.56. The molecule has 1 aromatic heterocycles. The van der Waals surface area contributed by atoms with Crippen LogP contribution in [-0.2, 0) is 16.7 Å². The van der Waals surface area contributed by atoms with Crippen molar-refractivity contribution in [1.29, 1.82) is 0 Å². The highest BCUT2D eigenvalue weighted by Gasteiger charge is 2.34. The first-order valence-electron chi connectivity index (χ1n) is 7.19. The fraction of sp³-hybridized carbons (Fsp3) is 0.786. The quantitative estimate of drug-likeness (QED) is 0.861. The van der Waals surface area contributed by atoms with Gasteiger partial charge in [0, 0.05) is 36.9 Å². The molecular weight excluding hydrogens is 240 g/mol. The maximum Gasteiger partial charge on any atom is 0.0949 e. The fourth-order valence-corrected chi connectivity index (χ4v) is 3.20. The van der Waals surface area contributed by atoms with Crippen LogP contribution in [0.3, 0.4) is 0 Å². The zero-order chi connectivity index (χ0) is 13.3. The van der Waals surface area contributed by atoms with Gasteiger partial charge in [0.15, 0.2) is 0 Å². The second-order valence-corrected chi connectivity index (χ2v) is 6.17. The molecule has 0 aromatic carbocycles. The second-order valence-electron chi connectivity index (χ2n) is 6.17. The lowest BCUT2D eigenvalue weighted by molar-refractivity contribution is -0.0280. The molecule has 2 fully saturated rings. The summed E-state index contributed by atoms with van der Waals surface area (Å²) >= 11 is 0. The molecule has 5 nitrogen and oxygen atoms in total. The Morgan fingerprint density at radius 3 is 3.21 bits per heavy atom. The molecule has 0 amide bonds. The van der Waals surface area contributed by atoms with Crippen molar-refractivity contribution in [3.63, 3.8) is 0 Å². The Hall–Kier alpha value is -0.910. The SMILES string of the molecule is CN1CCOC(Cn2cncc2C2(C)CCNC2)C1. The van der Waals surface area contributed by atoms with Crippen molar-refractivity contribution in [2.75, 3.05) is 39.8 Å². The van der Waals surface area contributed by atoms with Gasteiger partial charge in [-0.15, -0.1) is 0 Å². The highest BCUT2D eigenvalue weighted by Crippen LogP contribution is 2.30. The first kappa shape index (κ1) is 13.1. The van der Waals surface area contributed by atoms with E-state index in [2.05, 4.69) is 33.7 Å². The van der Waals surface area contributed by atoms with Gasteiger partial charge in [0.05, 0.1) is 25.6 Å². The summed E-state index contributed by atoms with van der Waals surface area (Å²) in [5, 5.41) is 3.46. The van der Waals surface area contributed by atoms with E-state index in [0.29, 0.717) is 0 Å². The molecule has 3 heterocycles. The van der Waals surface area contributed by atoms with Crippen molar-refractivity contribution in [1.82, 2.24) is 19.8 Å². The standard InChI is InChI=1S/C14H24N4O/c1-14(3-4-15-10-14)13-7-16-11-18(13)9-12-8-17(2)5-6-19-12/h7,11-12,15H,3-6,8-10H2,1-2H3. The molecule has 0 radical (unpaired) electrons. The van der Waals surface area contributed by atoms with Gasteiger partial charge < -0.3 is 19.5 Å². The molecule has 2 aliphatic heterocycles. The second kappa shape index (κ2) is 5.23. The predicted molar refractivity (Wildman–Crippen MR) is 74.3 cm³/mol. The van der Waals surface area contributed by atoms with Crippen molar-refractivity contribution in [2.45, 2.75) is 31.4 Å². The highest BCUT2D eigenvalue weighted by molar-refractivity contribution is 5.17. The van der Waals surface area contributed by atoms with Crippen LogP contribution in [-0.4, -0.2) is 60.4 Å². The zero-order valence-corrected chi connectivity index (χ0v) is 11.9. The molecule has 2 atom stereocenters. The van der Waals surface area contributed by atoms with Crippen LogP contribution in [0.4, 0.5) is 0 Å². The van der Waals surface area contributed by atoms with E-state index in [0.717, 1.165) is 39.3 Å². The number of likely N-dealkylation sites (N-methyl/N-ethyl adjacent to an activating group) is 1. The van der Waals surface area contributed by atoms with Gasteiger partial charge in [0.2, 0.25) is 0 Å². The van der Waals surface area contributed by atoms with Crippen molar-refractivity contribution >= 4 is 0 Å². The van der Waals surface area contributed by atoms with E-state index >= 15 is 0 Å². The molecule has 3 rings (SSSR count). The third-order valence-corrected chi connectivity index (χ3v) is 4.44. The fourth-order valence-electron chi connectivity index (χ4n) is 3.20. The molecule has 1 N–H and O–H groups in total. The van der Waals surface area contributed by atoms with Gasteiger partial charge in [-0.1, -0.05) is 6.92 Å². The average molecular weight is 264 g/mol. The molecule has 1 aromatic rings. The summed E-state index contributed by atoms with van der Waals surface area (Å²) in [6, 6.07) is 0. The van der Waals surface area contributed by atoms with Crippen LogP contribution in [0.15, 0.2) is 12.5 Å². The number of aromatic nitrogens is 2. The van der Waals surface area contributed by atoms with Gasteiger partial charge in [-0.25, -0.2) is 4.98 Å². The third-order valence-electron chi connectivity index (χ3n) is 4.44. The van der Waals surface area contributed by atoms with Crippen molar-refractivity contribution < 1.29 is 4.74 Å². The monoisotopic (exact) mass is 264 g/mol. The maximum atomic E-state index is 5.87. The molecule has 106 valence electrons. The summed E-state index contributed by atoms with van der Waals surface area (Å²) in [5.74, 6) is 0. The van der Waals surface area contributed by atoms with Gasteiger partial charge in [0.25, 0.3) is 0 Å². The Morgan fingerprint density at radius 1 is 1.58 bits per heavy atom. The van der Waals surface area contributed by atoms with E-state index in [1.807, 2.05) is 12.5 Å². The van der Waals surface area contributed by atoms with E-state index in [4.69, 9.17) is 4.74 Å². The number of ether oxygens (including phenoxy) is 1. The number of hydrogen-bond donors (Lipinski definition) is 1. The minimum Gasteiger partial charge on any atom is -0.374 e. The number of nitrogens with zero attached hydrogens (tertiary/aromatic N) is 3.